The SMILES string of the molecule is CC(C(=O)O)S(=O)(=O)NN(C)C. The van der Waals surface area contributed by atoms with E-state index in [1.54, 1.807) is 0 Å². The van der Waals surface area contributed by atoms with Crippen molar-refractivity contribution in [3.05, 3.63) is 0 Å². The zero-order valence-corrected chi connectivity index (χ0v) is 7.92. The number of carboxylic acid groups (broad SMARTS) is 1. The number of rotatable bonds is 4. The maximum absolute atomic E-state index is 11.0. The first-order chi connectivity index (χ1) is 5.27. The van der Waals surface area contributed by atoms with Gasteiger partial charge >= 0.3 is 5.97 Å². The minimum Gasteiger partial charge on any atom is -0.480 e. The van der Waals surface area contributed by atoms with Gasteiger partial charge in [0.25, 0.3) is 0 Å². The summed E-state index contributed by atoms with van der Waals surface area (Å²) in [5.41, 5.74) is 0. The molecule has 0 aliphatic rings. The molecule has 0 fully saturated rings. The molecule has 0 radical (unpaired) electrons. The van der Waals surface area contributed by atoms with E-state index in [1.807, 2.05) is 4.83 Å². The van der Waals surface area contributed by atoms with Gasteiger partial charge in [0, 0.05) is 14.1 Å². The number of hydrogen-bond donors (Lipinski definition) is 2. The average Bonchev–Trinajstić information content (AvgIpc) is 1.82. The molecule has 1 unspecified atom stereocenters. The van der Waals surface area contributed by atoms with Gasteiger partial charge in [-0.3, -0.25) is 4.79 Å². The Labute approximate surface area is 71.2 Å². The van der Waals surface area contributed by atoms with Crippen LogP contribution in [-0.2, 0) is 14.8 Å². The largest absolute Gasteiger partial charge is 0.480 e. The quantitative estimate of drug-likeness (QED) is 0.555. The van der Waals surface area contributed by atoms with Crippen molar-refractivity contribution in [1.29, 1.82) is 0 Å². The predicted octanol–water partition coefficient (Wildman–Crippen LogP) is -1.14. The van der Waals surface area contributed by atoms with Crippen LogP contribution in [0.5, 0.6) is 0 Å². The maximum Gasteiger partial charge on any atom is 0.323 e. The van der Waals surface area contributed by atoms with Crippen LogP contribution < -0.4 is 4.83 Å². The first-order valence-corrected chi connectivity index (χ1v) is 4.73. The summed E-state index contributed by atoms with van der Waals surface area (Å²) in [4.78, 5) is 12.3. The van der Waals surface area contributed by atoms with Gasteiger partial charge < -0.3 is 5.11 Å². The van der Waals surface area contributed by atoms with E-state index < -0.39 is 21.2 Å². The van der Waals surface area contributed by atoms with Gasteiger partial charge in [0.15, 0.2) is 5.25 Å². The molecule has 72 valence electrons. The lowest BCUT2D eigenvalue weighted by Crippen LogP contribution is -2.44. The normalized spacial score (nSPS) is 14.7. The van der Waals surface area contributed by atoms with Gasteiger partial charge in [-0.25, -0.2) is 13.4 Å². The van der Waals surface area contributed by atoms with Crippen molar-refractivity contribution in [3.63, 3.8) is 0 Å². The number of aliphatic carboxylic acids is 1. The third kappa shape index (κ3) is 3.16. The molecule has 0 aromatic rings. The first kappa shape index (κ1) is 11.3. The van der Waals surface area contributed by atoms with Gasteiger partial charge in [0.2, 0.25) is 10.0 Å². The van der Waals surface area contributed by atoms with E-state index in [0.717, 1.165) is 6.92 Å². The number of nitrogens with zero attached hydrogens (tertiary/aromatic N) is 1. The molecule has 0 aromatic carbocycles. The van der Waals surface area contributed by atoms with Crippen LogP contribution >= 0.6 is 0 Å². The van der Waals surface area contributed by atoms with Crippen LogP contribution in [0.25, 0.3) is 0 Å². The smallest absolute Gasteiger partial charge is 0.323 e. The van der Waals surface area contributed by atoms with E-state index in [2.05, 4.69) is 0 Å². The van der Waals surface area contributed by atoms with Crippen molar-refractivity contribution in [1.82, 2.24) is 9.84 Å². The van der Waals surface area contributed by atoms with Crippen molar-refractivity contribution >= 4 is 16.0 Å². The zero-order chi connectivity index (χ0) is 9.94. The Morgan fingerprint density at radius 1 is 1.50 bits per heavy atom. The minimum atomic E-state index is -3.78. The highest BCUT2D eigenvalue weighted by Gasteiger charge is 2.27. The summed E-state index contributed by atoms with van der Waals surface area (Å²) in [5.74, 6) is -1.37. The third-order valence-electron chi connectivity index (χ3n) is 1.12. The van der Waals surface area contributed by atoms with Gasteiger partial charge in [0.1, 0.15) is 0 Å². The fourth-order valence-electron chi connectivity index (χ4n) is 0.466. The van der Waals surface area contributed by atoms with E-state index in [9.17, 15) is 13.2 Å². The lowest BCUT2D eigenvalue weighted by molar-refractivity contribution is -0.136. The van der Waals surface area contributed by atoms with Gasteiger partial charge in [-0.2, -0.15) is 0 Å². The lowest BCUT2D eigenvalue weighted by Gasteiger charge is -2.14. The second-order valence-corrected chi connectivity index (χ2v) is 4.49. The molecule has 2 N–H and O–H groups in total. The van der Waals surface area contributed by atoms with Crippen LogP contribution in [0.3, 0.4) is 0 Å². The number of hydrogen-bond acceptors (Lipinski definition) is 4. The van der Waals surface area contributed by atoms with Crippen LogP contribution in [0.1, 0.15) is 6.92 Å². The molecule has 6 nitrogen and oxygen atoms in total. The number of sulfonamides is 1. The lowest BCUT2D eigenvalue weighted by atomic mass is 10.5. The Balaban J connectivity index is 4.52. The maximum atomic E-state index is 11.0. The fraction of sp³-hybridized carbons (Fsp3) is 0.800. The second-order valence-electron chi connectivity index (χ2n) is 2.51. The highest BCUT2D eigenvalue weighted by atomic mass is 32.2. The first-order valence-electron chi connectivity index (χ1n) is 3.18. The molecule has 0 amide bonds. The van der Waals surface area contributed by atoms with Crippen molar-refractivity contribution in [2.75, 3.05) is 14.1 Å². The second kappa shape index (κ2) is 3.83. The highest BCUT2D eigenvalue weighted by molar-refractivity contribution is 7.90. The standard InChI is InChI=1S/C5H12N2O4S/c1-4(5(8)9)12(10,11)6-7(2)3/h4,6H,1-3H3,(H,8,9). The van der Waals surface area contributed by atoms with E-state index in [-0.39, 0.29) is 0 Å². The Kier molecular flexibility index (Phi) is 3.62. The molecule has 0 aliphatic carbocycles. The molecular formula is C5H12N2O4S. The van der Waals surface area contributed by atoms with Crippen LogP contribution in [0, 0.1) is 0 Å². The van der Waals surface area contributed by atoms with Crippen molar-refractivity contribution in [3.8, 4) is 0 Å². The molecule has 0 heterocycles. The molecule has 1 atom stereocenters. The van der Waals surface area contributed by atoms with Crippen molar-refractivity contribution in [2.45, 2.75) is 12.2 Å². The number of hydrazine groups is 1. The van der Waals surface area contributed by atoms with Crippen LogP contribution in [0.4, 0.5) is 0 Å². The zero-order valence-electron chi connectivity index (χ0n) is 7.10. The Morgan fingerprint density at radius 2 is 1.92 bits per heavy atom. The fourth-order valence-corrected chi connectivity index (χ4v) is 1.40. The van der Waals surface area contributed by atoms with Gasteiger partial charge in [-0.1, -0.05) is 0 Å². The summed E-state index contributed by atoms with van der Waals surface area (Å²) < 4.78 is 22.1. The number of carboxylic acids is 1. The van der Waals surface area contributed by atoms with Gasteiger partial charge in [-0.05, 0) is 6.92 Å². The van der Waals surface area contributed by atoms with Crippen LogP contribution in [0.15, 0.2) is 0 Å². The van der Waals surface area contributed by atoms with Crippen LogP contribution in [0.2, 0.25) is 0 Å². The molecule has 12 heavy (non-hydrogen) atoms. The van der Waals surface area contributed by atoms with Gasteiger partial charge in [-0.15, -0.1) is 4.83 Å². The summed E-state index contributed by atoms with van der Waals surface area (Å²) in [6.45, 7) is 1.11. The molecule has 0 saturated carbocycles. The van der Waals surface area contributed by atoms with Crippen molar-refractivity contribution < 1.29 is 18.3 Å². The topological polar surface area (TPSA) is 86.7 Å². The number of nitrogens with one attached hydrogen (secondary N) is 1. The monoisotopic (exact) mass is 196 g/mol. The van der Waals surface area contributed by atoms with Crippen LogP contribution in [-0.4, -0.2) is 43.8 Å². The molecule has 0 aromatic heterocycles. The molecule has 0 spiro atoms. The summed E-state index contributed by atoms with van der Waals surface area (Å²) in [7, 11) is -0.854. The van der Waals surface area contributed by atoms with E-state index in [1.165, 1.54) is 19.1 Å². The highest BCUT2D eigenvalue weighted by Crippen LogP contribution is 1.97. The molecule has 0 aliphatic heterocycles. The minimum absolute atomic E-state index is 1.11. The molecule has 7 heteroatoms. The molecule has 0 bridgehead atoms. The predicted molar refractivity (Wildman–Crippen MR) is 42.8 cm³/mol. The van der Waals surface area contributed by atoms with Crippen molar-refractivity contribution in [2.24, 2.45) is 0 Å². The summed E-state index contributed by atoms with van der Waals surface area (Å²) in [6.07, 6.45) is 0. The summed E-state index contributed by atoms with van der Waals surface area (Å²) in [6, 6.07) is 0. The Bertz CT molecular complexity index is 259. The van der Waals surface area contributed by atoms with E-state index >= 15 is 0 Å². The van der Waals surface area contributed by atoms with E-state index in [4.69, 9.17) is 5.11 Å². The molecular weight excluding hydrogens is 184 g/mol. The molecule has 0 rings (SSSR count). The average molecular weight is 196 g/mol. The third-order valence-corrected chi connectivity index (χ3v) is 2.88. The summed E-state index contributed by atoms with van der Waals surface area (Å²) in [5, 5.41) is 8.12. The van der Waals surface area contributed by atoms with Gasteiger partial charge in [0.05, 0.1) is 0 Å². The summed E-state index contributed by atoms with van der Waals surface area (Å²) >= 11 is 0. The number of carbonyl (C=O) groups is 1. The van der Waals surface area contributed by atoms with E-state index in [0.29, 0.717) is 0 Å². The molecule has 0 saturated heterocycles. The Morgan fingerprint density at radius 3 is 2.17 bits per heavy atom. The Hall–Kier alpha value is -0.660.